The minimum absolute atomic E-state index is 0.0491. The number of hydrogen-bond acceptors (Lipinski definition) is 6. The van der Waals surface area contributed by atoms with E-state index in [1.165, 1.54) is 5.57 Å². The summed E-state index contributed by atoms with van der Waals surface area (Å²) >= 11 is 1.59. The molecule has 0 aromatic heterocycles. The van der Waals surface area contributed by atoms with Gasteiger partial charge < -0.3 is 14.4 Å². The zero-order valence-corrected chi connectivity index (χ0v) is 23.2. The van der Waals surface area contributed by atoms with Crippen LogP contribution in [0.1, 0.15) is 85.1 Å². The minimum atomic E-state index is -0.593. The van der Waals surface area contributed by atoms with E-state index in [9.17, 15) is 14.4 Å². The van der Waals surface area contributed by atoms with Gasteiger partial charge in [0.15, 0.2) is 0 Å². The molecule has 1 saturated carbocycles. The summed E-state index contributed by atoms with van der Waals surface area (Å²) in [7, 11) is 0. The second kappa shape index (κ2) is 12.3. The quantitative estimate of drug-likeness (QED) is 0.295. The third-order valence-corrected chi connectivity index (χ3v) is 8.22. The van der Waals surface area contributed by atoms with Crippen molar-refractivity contribution in [2.75, 3.05) is 6.54 Å². The topological polar surface area (TPSA) is 72.9 Å². The molecule has 7 heteroatoms. The van der Waals surface area contributed by atoms with Crippen LogP contribution in [-0.4, -0.2) is 45.0 Å². The van der Waals surface area contributed by atoms with Crippen molar-refractivity contribution >= 4 is 29.6 Å². The molecule has 1 aromatic carbocycles. The van der Waals surface area contributed by atoms with E-state index in [1.54, 1.807) is 11.8 Å². The van der Waals surface area contributed by atoms with Crippen molar-refractivity contribution in [2.24, 2.45) is 5.92 Å². The molecular formula is C29H41NO5S. The SMILES string of the molecule is CC(C)CC=C1CCC2(CC1)SC(CC(=O)OC(C)(C)C)C(=O)N2CCC(=O)OCc1ccccc1. The Morgan fingerprint density at radius 1 is 1.14 bits per heavy atom. The average Bonchev–Trinajstić information content (AvgIpc) is 3.05. The van der Waals surface area contributed by atoms with Gasteiger partial charge in [-0.15, -0.1) is 11.8 Å². The van der Waals surface area contributed by atoms with Crippen molar-refractivity contribution in [3.05, 3.63) is 47.5 Å². The van der Waals surface area contributed by atoms with E-state index >= 15 is 0 Å². The van der Waals surface area contributed by atoms with Crippen molar-refractivity contribution in [3.63, 3.8) is 0 Å². The van der Waals surface area contributed by atoms with Gasteiger partial charge in [0.1, 0.15) is 12.2 Å². The summed E-state index contributed by atoms with van der Waals surface area (Å²) in [5.74, 6) is -0.138. The first-order chi connectivity index (χ1) is 17.0. The molecule has 0 radical (unpaired) electrons. The van der Waals surface area contributed by atoms with E-state index < -0.39 is 15.7 Å². The third-order valence-electron chi connectivity index (χ3n) is 6.50. The van der Waals surface area contributed by atoms with Crippen molar-refractivity contribution < 1.29 is 23.9 Å². The molecule has 1 unspecified atom stereocenters. The van der Waals surface area contributed by atoms with E-state index in [-0.39, 0.29) is 37.3 Å². The molecule has 0 bridgehead atoms. The zero-order valence-electron chi connectivity index (χ0n) is 22.4. The summed E-state index contributed by atoms with van der Waals surface area (Å²) in [5, 5.41) is -0.485. The van der Waals surface area contributed by atoms with Crippen LogP contribution in [0.5, 0.6) is 0 Å². The highest BCUT2D eigenvalue weighted by molar-refractivity contribution is 8.02. The second-order valence-corrected chi connectivity index (χ2v) is 12.8. The van der Waals surface area contributed by atoms with Gasteiger partial charge in [-0.2, -0.15) is 0 Å². The first-order valence-electron chi connectivity index (χ1n) is 13.1. The lowest BCUT2D eigenvalue weighted by molar-refractivity contribution is -0.156. The first kappa shape index (κ1) is 28.3. The molecule has 1 spiro atoms. The van der Waals surface area contributed by atoms with Crippen molar-refractivity contribution in [2.45, 2.75) is 102 Å². The lowest BCUT2D eigenvalue weighted by atomic mass is 9.87. The number of ether oxygens (including phenoxy) is 2. The Bertz CT molecular complexity index is 940. The van der Waals surface area contributed by atoms with Gasteiger partial charge in [0, 0.05) is 6.54 Å². The number of carbonyl (C=O) groups excluding carboxylic acids is 3. The van der Waals surface area contributed by atoms with E-state index in [2.05, 4.69) is 19.9 Å². The molecule has 1 aromatic rings. The predicted octanol–water partition coefficient (Wildman–Crippen LogP) is 6.04. The van der Waals surface area contributed by atoms with Crippen LogP contribution in [0.3, 0.4) is 0 Å². The molecule has 198 valence electrons. The van der Waals surface area contributed by atoms with Crippen LogP contribution in [0.4, 0.5) is 0 Å². The molecule has 0 N–H and O–H groups in total. The maximum atomic E-state index is 13.5. The summed E-state index contributed by atoms with van der Waals surface area (Å²) in [6.45, 7) is 10.4. The molecule has 1 saturated heterocycles. The Balaban J connectivity index is 1.66. The number of thioether (sulfide) groups is 1. The number of hydrogen-bond donors (Lipinski definition) is 0. The van der Waals surface area contributed by atoms with Gasteiger partial charge in [0.25, 0.3) is 0 Å². The number of benzene rings is 1. The standard InChI is InChI=1S/C29H41NO5S/c1-21(2)11-12-22-13-16-29(17-14-22)30(18-15-25(31)34-20-23-9-7-6-8-10-23)27(33)24(36-29)19-26(32)35-28(3,4)5/h6-10,12,21,24H,11,13-20H2,1-5H3. The van der Waals surface area contributed by atoms with Crippen LogP contribution >= 0.6 is 11.8 Å². The molecule has 36 heavy (non-hydrogen) atoms. The number of esters is 2. The number of amides is 1. The molecule has 6 nitrogen and oxygen atoms in total. The van der Waals surface area contributed by atoms with Crippen LogP contribution in [-0.2, 0) is 30.5 Å². The monoisotopic (exact) mass is 515 g/mol. The third kappa shape index (κ3) is 8.12. The van der Waals surface area contributed by atoms with E-state index in [4.69, 9.17) is 9.47 Å². The Labute approximate surface area is 220 Å². The first-order valence-corrected chi connectivity index (χ1v) is 13.9. The number of carbonyl (C=O) groups is 3. The fourth-order valence-electron chi connectivity index (χ4n) is 4.70. The summed E-state index contributed by atoms with van der Waals surface area (Å²) < 4.78 is 10.9. The predicted molar refractivity (Wildman–Crippen MR) is 143 cm³/mol. The number of allylic oxidation sites excluding steroid dienone is 2. The molecule has 1 aliphatic heterocycles. The largest absolute Gasteiger partial charge is 0.461 e. The Kier molecular flexibility index (Phi) is 9.67. The lowest BCUT2D eigenvalue weighted by Crippen LogP contribution is -2.47. The maximum Gasteiger partial charge on any atom is 0.307 e. The number of nitrogens with zero attached hydrogens (tertiary/aromatic N) is 1. The molecule has 2 aliphatic rings. The van der Waals surface area contributed by atoms with Gasteiger partial charge in [-0.25, -0.2) is 0 Å². The minimum Gasteiger partial charge on any atom is -0.461 e. The van der Waals surface area contributed by atoms with Crippen LogP contribution in [0, 0.1) is 5.92 Å². The highest BCUT2D eigenvalue weighted by Gasteiger charge is 2.52. The van der Waals surface area contributed by atoms with Crippen LogP contribution in [0.15, 0.2) is 42.0 Å². The fourth-order valence-corrected chi connectivity index (χ4v) is 6.43. The molecule has 1 amide bonds. The Morgan fingerprint density at radius 3 is 2.42 bits per heavy atom. The fraction of sp³-hybridized carbons (Fsp3) is 0.621. The summed E-state index contributed by atoms with van der Waals surface area (Å²) in [5.41, 5.74) is 1.78. The highest BCUT2D eigenvalue weighted by atomic mass is 32.2. The highest BCUT2D eigenvalue weighted by Crippen LogP contribution is 2.52. The Hall–Kier alpha value is -2.28. The molecule has 1 atom stereocenters. The lowest BCUT2D eigenvalue weighted by Gasteiger charge is -2.41. The van der Waals surface area contributed by atoms with Crippen molar-refractivity contribution in [1.82, 2.24) is 4.90 Å². The maximum absolute atomic E-state index is 13.5. The van der Waals surface area contributed by atoms with E-state index in [0.717, 1.165) is 37.7 Å². The van der Waals surface area contributed by atoms with Crippen LogP contribution < -0.4 is 0 Å². The van der Waals surface area contributed by atoms with Crippen molar-refractivity contribution in [1.29, 1.82) is 0 Å². The molecule has 1 aliphatic carbocycles. The Morgan fingerprint density at radius 2 is 1.81 bits per heavy atom. The van der Waals surface area contributed by atoms with Crippen molar-refractivity contribution in [3.8, 4) is 0 Å². The molecular weight excluding hydrogens is 474 g/mol. The van der Waals surface area contributed by atoms with Gasteiger partial charge in [0.2, 0.25) is 5.91 Å². The van der Waals surface area contributed by atoms with E-state index in [0.29, 0.717) is 12.5 Å². The van der Waals surface area contributed by atoms with E-state index in [1.807, 2.05) is 56.0 Å². The molecule has 2 fully saturated rings. The van der Waals surface area contributed by atoms with Gasteiger partial charge >= 0.3 is 11.9 Å². The van der Waals surface area contributed by atoms with Gasteiger partial charge in [-0.05, 0) is 64.4 Å². The van der Waals surface area contributed by atoms with Crippen LogP contribution in [0.2, 0.25) is 0 Å². The van der Waals surface area contributed by atoms with Crippen LogP contribution in [0.25, 0.3) is 0 Å². The molecule has 3 rings (SSSR count). The number of rotatable bonds is 9. The normalized spacial score (nSPS) is 22.3. The van der Waals surface area contributed by atoms with Gasteiger partial charge in [0.05, 0.1) is 23.0 Å². The smallest absolute Gasteiger partial charge is 0.307 e. The second-order valence-electron chi connectivity index (χ2n) is 11.2. The average molecular weight is 516 g/mol. The summed E-state index contributed by atoms with van der Waals surface area (Å²) in [6.07, 6.45) is 7.12. The summed E-state index contributed by atoms with van der Waals surface area (Å²) in [4.78, 5) is 40.0. The summed E-state index contributed by atoms with van der Waals surface area (Å²) in [6, 6.07) is 9.56. The zero-order chi connectivity index (χ0) is 26.3. The van der Waals surface area contributed by atoms with Gasteiger partial charge in [-0.3, -0.25) is 14.4 Å². The van der Waals surface area contributed by atoms with Gasteiger partial charge in [-0.1, -0.05) is 55.8 Å². The molecule has 1 heterocycles.